The Morgan fingerprint density at radius 3 is 2.62 bits per heavy atom. The van der Waals surface area contributed by atoms with Gasteiger partial charge in [0, 0.05) is 4.47 Å². The molecule has 0 bridgehead atoms. The highest BCUT2D eigenvalue weighted by Gasteiger charge is 2.16. The summed E-state index contributed by atoms with van der Waals surface area (Å²) >= 11 is 5.17. The Morgan fingerprint density at radius 2 is 2.12 bits per heavy atom. The van der Waals surface area contributed by atoms with Gasteiger partial charge in [-0.25, -0.2) is 0 Å². The molecule has 0 unspecified atom stereocenters. The van der Waals surface area contributed by atoms with Crippen molar-refractivity contribution in [2.75, 3.05) is 5.75 Å². The van der Waals surface area contributed by atoms with Crippen LogP contribution in [0.3, 0.4) is 0 Å². The second kappa shape index (κ2) is 5.43. The molecule has 0 fully saturated rings. The van der Waals surface area contributed by atoms with Crippen molar-refractivity contribution in [2.24, 2.45) is 0 Å². The van der Waals surface area contributed by atoms with Crippen LogP contribution in [0.25, 0.3) is 0 Å². The van der Waals surface area contributed by atoms with Gasteiger partial charge in [-0.3, -0.25) is 9.35 Å². The minimum atomic E-state index is -4.35. The molecule has 0 saturated heterocycles. The molecule has 0 aliphatic rings. The number of carbonyl (C=O) groups is 1. The van der Waals surface area contributed by atoms with E-state index >= 15 is 0 Å². The average molecular weight is 421 g/mol. The van der Waals surface area contributed by atoms with Gasteiger partial charge in [0.1, 0.15) is 5.75 Å². The number of ether oxygens (including phenoxy) is 1. The summed E-state index contributed by atoms with van der Waals surface area (Å²) < 4.78 is 35.5. The minimum Gasteiger partial charge on any atom is -0.425 e. The van der Waals surface area contributed by atoms with Gasteiger partial charge in [0.2, 0.25) is 0 Å². The molecule has 0 atom stereocenters. The van der Waals surface area contributed by atoms with E-state index in [0.717, 1.165) is 4.47 Å². The molecule has 0 spiro atoms. The summed E-state index contributed by atoms with van der Waals surface area (Å²) in [7, 11) is -4.35. The standard InChI is InChI=1S/C8H6BrIO5S/c9-5-1-2-7(6(10)3-5)15-8(11)4-16(12,13)14/h1-3H,4H2,(H,12,13,14). The maximum atomic E-state index is 11.1. The van der Waals surface area contributed by atoms with Crippen molar-refractivity contribution in [1.29, 1.82) is 0 Å². The van der Waals surface area contributed by atoms with Gasteiger partial charge in [-0.1, -0.05) is 15.9 Å². The summed E-state index contributed by atoms with van der Waals surface area (Å²) in [5.41, 5.74) is 0. The van der Waals surface area contributed by atoms with Crippen molar-refractivity contribution in [1.82, 2.24) is 0 Å². The van der Waals surface area contributed by atoms with Crippen LogP contribution in [0.15, 0.2) is 22.7 Å². The van der Waals surface area contributed by atoms with Crippen LogP contribution in [0.5, 0.6) is 5.75 Å². The number of benzene rings is 1. The van der Waals surface area contributed by atoms with Crippen molar-refractivity contribution in [2.45, 2.75) is 0 Å². The molecule has 0 amide bonds. The van der Waals surface area contributed by atoms with E-state index in [1.165, 1.54) is 6.07 Å². The molecule has 1 aromatic carbocycles. The number of carbonyl (C=O) groups excluding carboxylic acids is 1. The molecule has 88 valence electrons. The molecular formula is C8H6BrIO5S. The molecule has 8 heteroatoms. The smallest absolute Gasteiger partial charge is 0.329 e. The number of rotatable bonds is 3. The molecule has 0 aromatic heterocycles. The molecular weight excluding hydrogens is 415 g/mol. The quantitative estimate of drug-likeness (QED) is 0.349. The fraction of sp³-hybridized carbons (Fsp3) is 0.125. The van der Waals surface area contributed by atoms with E-state index in [-0.39, 0.29) is 5.75 Å². The van der Waals surface area contributed by atoms with Crippen molar-refractivity contribution in [3.05, 3.63) is 26.2 Å². The molecule has 16 heavy (non-hydrogen) atoms. The highest BCUT2D eigenvalue weighted by molar-refractivity contribution is 14.1. The minimum absolute atomic E-state index is 0.248. The van der Waals surface area contributed by atoms with Crippen LogP contribution in [0, 0.1) is 3.57 Å². The van der Waals surface area contributed by atoms with Gasteiger partial charge in [-0.05, 0) is 40.8 Å². The Kier molecular flexibility index (Phi) is 4.71. The molecule has 1 aromatic rings. The van der Waals surface area contributed by atoms with Gasteiger partial charge in [-0.15, -0.1) is 0 Å². The maximum Gasteiger partial charge on any atom is 0.329 e. The van der Waals surface area contributed by atoms with Gasteiger partial charge >= 0.3 is 5.97 Å². The third-order valence-corrected chi connectivity index (χ3v) is 3.35. The van der Waals surface area contributed by atoms with Crippen molar-refractivity contribution < 1.29 is 22.5 Å². The van der Waals surface area contributed by atoms with Crippen molar-refractivity contribution in [3.8, 4) is 5.75 Å². The average Bonchev–Trinajstić information content (AvgIpc) is 2.06. The molecule has 1 rings (SSSR count). The lowest BCUT2D eigenvalue weighted by molar-refractivity contribution is -0.131. The van der Waals surface area contributed by atoms with E-state index in [1.54, 1.807) is 12.1 Å². The van der Waals surface area contributed by atoms with Gasteiger partial charge in [-0.2, -0.15) is 8.42 Å². The Morgan fingerprint density at radius 1 is 1.50 bits per heavy atom. The van der Waals surface area contributed by atoms with E-state index in [9.17, 15) is 13.2 Å². The largest absolute Gasteiger partial charge is 0.425 e. The highest BCUT2D eigenvalue weighted by atomic mass is 127. The third kappa shape index (κ3) is 4.76. The van der Waals surface area contributed by atoms with E-state index in [1.807, 2.05) is 22.6 Å². The van der Waals surface area contributed by atoms with Crippen LogP contribution in [0.2, 0.25) is 0 Å². The van der Waals surface area contributed by atoms with Crippen LogP contribution >= 0.6 is 38.5 Å². The lowest BCUT2D eigenvalue weighted by atomic mass is 10.3. The zero-order chi connectivity index (χ0) is 12.3. The van der Waals surface area contributed by atoms with Gasteiger partial charge in [0.05, 0.1) is 3.57 Å². The first kappa shape index (κ1) is 13.9. The normalized spacial score (nSPS) is 11.2. The summed E-state index contributed by atoms with van der Waals surface area (Å²) in [6, 6.07) is 4.88. The zero-order valence-corrected chi connectivity index (χ0v) is 12.2. The van der Waals surface area contributed by atoms with Crippen LogP contribution in [-0.4, -0.2) is 24.7 Å². The second-order valence-corrected chi connectivity index (χ2v) is 6.31. The predicted molar refractivity (Wildman–Crippen MR) is 68.9 cm³/mol. The summed E-state index contributed by atoms with van der Waals surface area (Å²) in [4.78, 5) is 11.1. The molecule has 0 aliphatic carbocycles. The number of hydrogen-bond acceptors (Lipinski definition) is 4. The molecule has 5 nitrogen and oxygen atoms in total. The fourth-order valence-corrected chi connectivity index (χ4v) is 2.63. The first-order valence-corrected chi connectivity index (χ1v) is 7.37. The summed E-state index contributed by atoms with van der Waals surface area (Å²) in [6.07, 6.45) is 0. The summed E-state index contributed by atoms with van der Waals surface area (Å²) in [6.45, 7) is 0. The Labute approximate surface area is 114 Å². The zero-order valence-electron chi connectivity index (χ0n) is 7.68. The third-order valence-electron chi connectivity index (χ3n) is 1.42. The monoisotopic (exact) mass is 420 g/mol. The van der Waals surface area contributed by atoms with Gasteiger partial charge < -0.3 is 4.74 Å². The topological polar surface area (TPSA) is 80.7 Å². The van der Waals surface area contributed by atoms with Crippen LogP contribution in [0.4, 0.5) is 0 Å². The molecule has 0 heterocycles. The molecule has 0 saturated carbocycles. The van der Waals surface area contributed by atoms with Crippen LogP contribution < -0.4 is 4.74 Å². The Hall–Kier alpha value is -0.190. The lowest BCUT2D eigenvalue weighted by Crippen LogP contribution is -2.20. The lowest BCUT2D eigenvalue weighted by Gasteiger charge is -2.05. The Balaban J connectivity index is 2.78. The predicted octanol–water partition coefficient (Wildman–Crippen LogP) is 1.85. The molecule has 1 N–H and O–H groups in total. The van der Waals surface area contributed by atoms with Gasteiger partial charge in [0.25, 0.3) is 10.1 Å². The van der Waals surface area contributed by atoms with Crippen LogP contribution in [0.1, 0.15) is 0 Å². The number of hydrogen-bond donors (Lipinski definition) is 1. The highest BCUT2D eigenvalue weighted by Crippen LogP contribution is 2.24. The van der Waals surface area contributed by atoms with E-state index < -0.39 is 21.8 Å². The fourth-order valence-electron chi connectivity index (χ4n) is 0.859. The van der Waals surface area contributed by atoms with Gasteiger partial charge in [0.15, 0.2) is 5.75 Å². The Bertz CT molecular complexity index is 513. The first-order chi connectivity index (χ1) is 7.28. The summed E-state index contributed by atoms with van der Waals surface area (Å²) in [5.74, 6) is -1.83. The van der Waals surface area contributed by atoms with E-state index in [2.05, 4.69) is 15.9 Å². The molecule has 0 aliphatic heterocycles. The second-order valence-electron chi connectivity index (χ2n) is 2.78. The van der Waals surface area contributed by atoms with Crippen molar-refractivity contribution in [3.63, 3.8) is 0 Å². The van der Waals surface area contributed by atoms with Crippen molar-refractivity contribution >= 4 is 54.6 Å². The first-order valence-electron chi connectivity index (χ1n) is 3.89. The summed E-state index contributed by atoms with van der Waals surface area (Å²) in [5, 5.41) is 0. The SMILES string of the molecule is O=C(CS(=O)(=O)O)Oc1ccc(Br)cc1I. The number of esters is 1. The van der Waals surface area contributed by atoms with E-state index in [0.29, 0.717) is 3.57 Å². The van der Waals surface area contributed by atoms with E-state index in [4.69, 9.17) is 9.29 Å². The van der Waals surface area contributed by atoms with Crippen LogP contribution in [-0.2, 0) is 14.9 Å². The molecule has 0 radical (unpaired) electrons. The number of halogens is 2. The maximum absolute atomic E-state index is 11.1.